The summed E-state index contributed by atoms with van der Waals surface area (Å²) in [5.74, 6) is 0.709. The molecular weight excluding hydrogens is 366 g/mol. The van der Waals surface area contributed by atoms with Crippen LogP contribution in [0, 0.1) is 10.1 Å². The highest BCUT2D eigenvalue weighted by atomic mass is 16.6. The third kappa shape index (κ3) is 5.73. The van der Waals surface area contributed by atoms with Crippen LogP contribution in [0.1, 0.15) is 18.1 Å². The van der Waals surface area contributed by atoms with Gasteiger partial charge in [-0.25, -0.2) is 4.79 Å². The summed E-state index contributed by atoms with van der Waals surface area (Å²) in [6, 6.07) is 9.81. The number of hydrogen-bond acceptors (Lipinski definition) is 7. The monoisotopic (exact) mass is 387 g/mol. The summed E-state index contributed by atoms with van der Waals surface area (Å²) in [5.41, 5.74) is 1.25. The minimum Gasteiger partial charge on any atom is -0.497 e. The molecule has 28 heavy (non-hydrogen) atoms. The molecule has 2 rings (SSSR count). The van der Waals surface area contributed by atoms with Crippen LogP contribution < -0.4 is 14.2 Å². The quantitative estimate of drug-likeness (QED) is 0.280. The second-order valence-corrected chi connectivity index (χ2v) is 5.56. The van der Waals surface area contributed by atoms with E-state index < -0.39 is 10.9 Å². The number of methoxy groups -OCH3 is 2. The molecule has 0 saturated carbocycles. The SMILES string of the molecule is CCOC(=O)COc1cc(/C=C\c2ccc(OC)c([N+](=O)[O-])c2)cc(OC)c1. The third-order valence-corrected chi connectivity index (χ3v) is 3.67. The summed E-state index contributed by atoms with van der Waals surface area (Å²) in [5, 5.41) is 11.1. The summed E-state index contributed by atoms with van der Waals surface area (Å²) in [7, 11) is 2.90. The zero-order valence-corrected chi connectivity index (χ0v) is 15.8. The molecule has 8 heteroatoms. The largest absolute Gasteiger partial charge is 0.497 e. The van der Waals surface area contributed by atoms with Crippen LogP contribution in [0.3, 0.4) is 0 Å². The Hall–Kier alpha value is -3.55. The summed E-state index contributed by atoms with van der Waals surface area (Å²) in [6.07, 6.45) is 3.47. The number of rotatable bonds is 9. The van der Waals surface area contributed by atoms with E-state index in [0.29, 0.717) is 17.1 Å². The van der Waals surface area contributed by atoms with Crippen LogP contribution in [0.5, 0.6) is 17.2 Å². The molecule has 0 heterocycles. The van der Waals surface area contributed by atoms with Gasteiger partial charge in [0.15, 0.2) is 12.4 Å². The van der Waals surface area contributed by atoms with Crippen molar-refractivity contribution in [2.24, 2.45) is 0 Å². The summed E-state index contributed by atoms with van der Waals surface area (Å²) in [6.45, 7) is 1.78. The Morgan fingerprint density at radius 3 is 2.39 bits per heavy atom. The van der Waals surface area contributed by atoms with Crippen LogP contribution >= 0.6 is 0 Å². The first kappa shape index (κ1) is 20.8. The molecule has 2 aromatic carbocycles. The highest BCUT2D eigenvalue weighted by molar-refractivity contribution is 5.73. The number of nitro benzene ring substituents is 1. The van der Waals surface area contributed by atoms with Gasteiger partial charge in [0.2, 0.25) is 0 Å². The number of nitrogens with zero attached hydrogens (tertiary/aromatic N) is 1. The molecule has 148 valence electrons. The number of carbonyl (C=O) groups is 1. The molecule has 0 amide bonds. The van der Waals surface area contributed by atoms with Crippen molar-refractivity contribution in [2.75, 3.05) is 27.4 Å². The summed E-state index contributed by atoms with van der Waals surface area (Å²) in [4.78, 5) is 22.1. The van der Waals surface area contributed by atoms with Crippen molar-refractivity contribution >= 4 is 23.8 Å². The second kappa shape index (κ2) is 9.96. The number of benzene rings is 2. The topological polar surface area (TPSA) is 97.1 Å². The molecule has 0 bridgehead atoms. The van der Waals surface area contributed by atoms with Gasteiger partial charge in [0.1, 0.15) is 11.5 Å². The maximum Gasteiger partial charge on any atom is 0.344 e. The van der Waals surface area contributed by atoms with Gasteiger partial charge in [-0.3, -0.25) is 10.1 Å². The molecular formula is C20H21NO7. The fourth-order valence-corrected chi connectivity index (χ4v) is 2.38. The predicted molar refractivity (Wildman–Crippen MR) is 104 cm³/mol. The number of carbonyl (C=O) groups excluding carboxylic acids is 1. The van der Waals surface area contributed by atoms with Crippen LogP contribution in [0.4, 0.5) is 5.69 Å². The number of hydrogen-bond donors (Lipinski definition) is 0. The molecule has 0 radical (unpaired) electrons. The third-order valence-electron chi connectivity index (χ3n) is 3.67. The van der Waals surface area contributed by atoms with E-state index in [2.05, 4.69) is 0 Å². The Labute approximate surface area is 162 Å². The van der Waals surface area contributed by atoms with E-state index in [4.69, 9.17) is 18.9 Å². The van der Waals surface area contributed by atoms with Crippen molar-refractivity contribution in [2.45, 2.75) is 6.92 Å². The normalized spacial score (nSPS) is 10.5. The van der Waals surface area contributed by atoms with Crippen molar-refractivity contribution in [1.29, 1.82) is 0 Å². The molecule has 0 aromatic heterocycles. The van der Waals surface area contributed by atoms with E-state index in [1.807, 2.05) is 0 Å². The zero-order chi connectivity index (χ0) is 20.5. The molecule has 8 nitrogen and oxygen atoms in total. The molecule has 0 unspecified atom stereocenters. The Kier molecular flexibility index (Phi) is 7.38. The smallest absolute Gasteiger partial charge is 0.344 e. The fraction of sp³-hybridized carbons (Fsp3) is 0.250. The van der Waals surface area contributed by atoms with E-state index in [0.717, 1.165) is 5.56 Å². The number of esters is 1. The highest BCUT2D eigenvalue weighted by Crippen LogP contribution is 2.29. The lowest BCUT2D eigenvalue weighted by atomic mass is 10.1. The minimum atomic E-state index is -0.497. The molecule has 0 N–H and O–H groups in total. The standard InChI is InChI=1S/C20H21NO7/c1-4-27-20(22)13-28-17-10-15(9-16(12-17)25-2)6-5-14-7-8-19(26-3)18(11-14)21(23)24/h5-12H,4,13H2,1-3H3/b6-5-. The average Bonchev–Trinajstić information content (AvgIpc) is 2.70. The Balaban J connectivity index is 2.22. The maximum atomic E-state index is 11.4. The average molecular weight is 387 g/mol. The van der Waals surface area contributed by atoms with Gasteiger partial charge < -0.3 is 18.9 Å². The van der Waals surface area contributed by atoms with Crippen LogP contribution in [-0.2, 0) is 9.53 Å². The van der Waals surface area contributed by atoms with Crippen molar-refractivity contribution in [3.8, 4) is 17.2 Å². The van der Waals surface area contributed by atoms with Gasteiger partial charge in [0.05, 0.1) is 25.7 Å². The molecule has 0 spiro atoms. The van der Waals surface area contributed by atoms with Crippen molar-refractivity contribution in [3.05, 3.63) is 57.6 Å². The van der Waals surface area contributed by atoms with E-state index in [1.165, 1.54) is 26.4 Å². The van der Waals surface area contributed by atoms with E-state index in [9.17, 15) is 14.9 Å². The van der Waals surface area contributed by atoms with Crippen molar-refractivity contribution in [3.63, 3.8) is 0 Å². The molecule has 0 fully saturated rings. The summed E-state index contributed by atoms with van der Waals surface area (Å²) < 4.78 is 20.5. The van der Waals surface area contributed by atoms with Gasteiger partial charge >= 0.3 is 11.7 Å². The van der Waals surface area contributed by atoms with Crippen molar-refractivity contribution < 1.29 is 28.7 Å². The Morgan fingerprint density at radius 1 is 1.04 bits per heavy atom. The highest BCUT2D eigenvalue weighted by Gasteiger charge is 2.14. The van der Waals surface area contributed by atoms with Gasteiger partial charge in [-0.1, -0.05) is 18.2 Å². The van der Waals surface area contributed by atoms with Crippen LogP contribution in [0.2, 0.25) is 0 Å². The van der Waals surface area contributed by atoms with E-state index >= 15 is 0 Å². The minimum absolute atomic E-state index is 0.117. The second-order valence-electron chi connectivity index (χ2n) is 5.56. The first-order valence-electron chi connectivity index (χ1n) is 8.44. The Bertz CT molecular complexity index is 877. The lowest BCUT2D eigenvalue weighted by Gasteiger charge is -2.09. The van der Waals surface area contributed by atoms with Gasteiger partial charge in [-0.05, 0) is 36.2 Å². The molecule has 0 aliphatic rings. The van der Waals surface area contributed by atoms with Crippen LogP contribution in [-0.4, -0.2) is 38.3 Å². The lowest BCUT2D eigenvalue weighted by molar-refractivity contribution is -0.385. The van der Waals surface area contributed by atoms with E-state index in [-0.39, 0.29) is 24.7 Å². The van der Waals surface area contributed by atoms with Crippen molar-refractivity contribution in [1.82, 2.24) is 0 Å². The Morgan fingerprint density at radius 2 is 1.75 bits per heavy atom. The molecule has 0 saturated heterocycles. The first-order valence-corrected chi connectivity index (χ1v) is 8.44. The number of ether oxygens (including phenoxy) is 4. The maximum absolute atomic E-state index is 11.4. The molecule has 0 aliphatic heterocycles. The van der Waals surface area contributed by atoms with Gasteiger partial charge in [0.25, 0.3) is 0 Å². The van der Waals surface area contributed by atoms with E-state index in [1.54, 1.807) is 43.3 Å². The summed E-state index contributed by atoms with van der Waals surface area (Å²) >= 11 is 0. The van der Waals surface area contributed by atoms with Crippen LogP contribution in [0.15, 0.2) is 36.4 Å². The first-order chi connectivity index (χ1) is 13.5. The lowest BCUT2D eigenvalue weighted by Crippen LogP contribution is -2.14. The molecule has 0 atom stereocenters. The predicted octanol–water partition coefficient (Wildman–Crippen LogP) is 3.72. The zero-order valence-electron chi connectivity index (χ0n) is 15.8. The fourth-order valence-electron chi connectivity index (χ4n) is 2.38. The van der Waals surface area contributed by atoms with Crippen LogP contribution in [0.25, 0.3) is 12.2 Å². The van der Waals surface area contributed by atoms with Gasteiger partial charge in [0, 0.05) is 12.1 Å². The molecule has 2 aromatic rings. The molecule has 0 aliphatic carbocycles. The van der Waals surface area contributed by atoms with Gasteiger partial charge in [-0.2, -0.15) is 0 Å². The van der Waals surface area contributed by atoms with Gasteiger partial charge in [-0.15, -0.1) is 0 Å². The number of nitro groups is 1.